The van der Waals surface area contributed by atoms with Gasteiger partial charge in [-0.2, -0.15) is 0 Å². The molecule has 32 heavy (non-hydrogen) atoms. The summed E-state index contributed by atoms with van der Waals surface area (Å²) in [5.74, 6) is 0.838. The number of hydrogen-bond donors (Lipinski definition) is 1. The minimum Gasteiger partial charge on any atom is -0.369 e. The van der Waals surface area contributed by atoms with Gasteiger partial charge < -0.3 is 5.32 Å². The molecule has 0 saturated heterocycles. The summed E-state index contributed by atoms with van der Waals surface area (Å²) in [6.45, 7) is 2.79. The lowest BCUT2D eigenvalue weighted by molar-refractivity contribution is 1.01. The molecule has 4 heterocycles. The summed E-state index contributed by atoms with van der Waals surface area (Å²) in [6.07, 6.45) is 11.5. The molecule has 0 radical (unpaired) electrons. The quantitative estimate of drug-likeness (QED) is 0.413. The van der Waals surface area contributed by atoms with Crippen LogP contribution in [0.25, 0.3) is 33.3 Å². The van der Waals surface area contributed by atoms with Gasteiger partial charge in [0.15, 0.2) is 0 Å². The largest absolute Gasteiger partial charge is 0.369 e. The van der Waals surface area contributed by atoms with E-state index in [0.717, 1.165) is 46.6 Å². The summed E-state index contributed by atoms with van der Waals surface area (Å²) in [5, 5.41) is 5.52. The van der Waals surface area contributed by atoms with Crippen molar-refractivity contribution in [1.82, 2.24) is 24.9 Å². The molecule has 4 aromatic heterocycles. The van der Waals surface area contributed by atoms with Gasteiger partial charge >= 0.3 is 0 Å². The molecule has 6 nitrogen and oxygen atoms in total. The van der Waals surface area contributed by atoms with Crippen molar-refractivity contribution < 1.29 is 0 Å². The third kappa shape index (κ3) is 4.30. The number of hydrogen-bond acceptors (Lipinski definition) is 6. The Kier molecular flexibility index (Phi) is 5.49. The second kappa shape index (κ2) is 8.89. The number of anilines is 1. The third-order valence-corrected chi connectivity index (χ3v) is 5.36. The van der Waals surface area contributed by atoms with Gasteiger partial charge in [-0.05, 0) is 59.7 Å². The molecule has 0 fully saturated rings. The van der Waals surface area contributed by atoms with Crippen LogP contribution in [0.5, 0.6) is 0 Å². The zero-order valence-corrected chi connectivity index (χ0v) is 17.7. The van der Waals surface area contributed by atoms with Gasteiger partial charge in [-0.3, -0.25) is 19.9 Å². The molecule has 0 atom stereocenters. The van der Waals surface area contributed by atoms with Gasteiger partial charge in [0.25, 0.3) is 0 Å². The van der Waals surface area contributed by atoms with Crippen LogP contribution in [0.2, 0.25) is 0 Å². The smallest absolute Gasteiger partial charge is 0.135 e. The first kappa shape index (κ1) is 19.8. The summed E-state index contributed by atoms with van der Waals surface area (Å²) in [4.78, 5) is 21.8. The van der Waals surface area contributed by atoms with Gasteiger partial charge in [0.2, 0.25) is 0 Å². The Morgan fingerprint density at radius 1 is 0.719 bits per heavy atom. The fourth-order valence-electron chi connectivity index (χ4n) is 3.69. The highest BCUT2D eigenvalue weighted by molar-refractivity contribution is 5.92. The van der Waals surface area contributed by atoms with Gasteiger partial charge in [-0.15, -0.1) is 0 Å². The van der Waals surface area contributed by atoms with Gasteiger partial charge in [0, 0.05) is 48.6 Å². The molecule has 0 saturated carbocycles. The van der Waals surface area contributed by atoms with Crippen LogP contribution in [-0.4, -0.2) is 31.5 Å². The molecule has 1 aromatic carbocycles. The number of rotatable bonds is 6. The Bertz CT molecular complexity index is 1350. The summed E-state index contributed by atoms with van der Waals surface area (Å²) in [5.41, 5.74) is 6.24. The topological polar surface area (TPSA) is 76.5 Å². The summed E-state index contributed by atoms with van der Waals surface area (Å²) < 4.78 is 0. The van der Waals surface area contributed by atoms with E-state index in [-0.39, 0.29) is 0 Å². The molecule has 5 rings (SSSR count). The first-order chi connectivity index (χ1) is 15.8. The second-order valence-corrected chi connectivity index (χ2v) is 7.60. The van der Waals surface area contributed by atoms with Crippen molar-refractivity contribution in [2.24, 2.45) is 0 Å². The van der Waals surface area contributed by atoms with E-state index in [9.17, 15) is 0 Å². The fraction of sp³-hybridized carbons (Fsp3) is 0.115. The summed E-state index contributed by atoms with van der Waals surface area (Å²) in [7, 11) is 0. The SMILES string of the molecule is Cc1cc(-c2ccc(CCNc3nccc4cc(-c5cnccn5)ncc34)cc2)ccn1. The molecule has 5 aromatic rings. The molecular formula is C26H22N6. The maximum Gasteiger partial charge on any atom is 0.135 e. The van der Waals surface area contributed by atoms with E-state index in [1.807, 2.05) is 43.7 Å². The number of benzene rings is 1. The van der Waals surface area contributed by atoms with Crippen LogP contribution in [0.3, 0.4) is 0 Å². The molecule has 0 unspecified atom stereocenters. The zero-order valence-electron chi connectivity index (χ0n) is 17.7. The standard InChI is InChI=1S/C26H22N6/c1-18-14-21(7-10-28-18)20-4-2-19(3-5-20)6-9-30-26-23-16-32-24(15-22(23)8-11-31-26)25-17-27-12-13-29-25/h2-5,7-8,10-17H,6,9H2,1H3,(H,30,31). The van der Waals surface area contributed by atoms with Gasteiger partial charge in [-0.1, -0.05) is 24.3 Å². The average molecular weight is 419 g/mol. The minimum atomic E-state index is 0.756. The van der Waals surface area contributed by atoms with Crippen molar-refractivity contribution in [2.75, 3.05) is 11.9 Å². The average Bonchev–Trinajstić information content (AvgIpc) is 2.85. The summed E-state index contributed by atoms with van der Waals surface area (Å²) in [6, 6.07) is 16.8. The fourth-order valence-corrected chi connectivity index (χ4v) is 3.69. The summed E-state index contributed by atoms with van der Waals surface area (Å²) >= 11 is 0. The van der Waals surface area contributed by atoms with Gasteiger partial charge in [-0.25, -0.2) is 4.98 Å². The number of pyridine rings is 3. The highest BCUT2D eigenvalue weighted by atomic mass is 15.0. The first-order valence-corrected chi connectivity index (χ1v) is 10.5. The number of aryl methyl sites for hydroxylation is 1. The maximum atomic E-state index is 4.56. The predicted octanol–water partition coefficient (Wildman–Crippen LogP) is 5.11. The van der Waals surface area contributed by atoms with E-state index in [1.165, 1.54) is 16.7 Å². The molecule has 0 spiro atoms. The van der Waals surface area contributed by atoms with E-state index in [4.69, 9.17) is 0 Å². The van der Waals surface area contributed by atoms with Gasteiger partial charge in [0.05, 0.1) is 11.9 Å². The van der Waals surface area contributed by atoms with E-state index < -0.39 is 0 Å². The number of nitrogens with one attached hydrogen (secondary N) is 1. The normalized spacial score (nSPS) is 10.9. The molecule has 0 bridgehead atoms. The van der Waals surface area contributed by atoms with Crippen LogP contribution in [0.4, 0.5) is 5.82 Å². The first-order valence-electron chi connectivity index (χ1n) is 10.5. The maximum absolute atomic E-state index is 4.56. The van der Waals surface area contributed by atoms with Crippen molar-refractivity contribution >= 4 is 16.6 Å². The molecule has 0 aliphatic heterocycles. The van der Waals surface area contributed by atoms with Crippen LogP contribution in [-0.2, 0) is 6.42 Å². The molecule has 0 aliphatic carbocycles. The molecule has 0 amide bonds. The Labute approximate surface area is 186 Å². The monoisotopic (exact) mass is 418 g/mol. The Hall–Kier alpha value is -4.19. The van der Waals surface area contributed by atoms with Crippen molar-refractivity contribution in [1.29, 1.82) is 0 Å². The molecule has 1 N–H and O–H groups in total. The third-order valence-electron chi connectivity index (χ3n) is 5.36. The van der Waals surface area contributed by atoms with Crippen LogP contribution < -0.4 is 5.32 Å². The van der Waals surface area contributed by atoms with E-state index in [2.05, 4.69) is 60.6 Å². The van der Waals surface area contributed by atoms with E-state index in [0.29, 0.717) is 0 Å². The second-order valence-electron chi connectivity index (χ2n) is 7.60. The van der Waals surface area contributed by atoms with E-state index in [1.54, 1.807) is 18.6 Å². The van der Waals surface area contributed by atoms with Crippen molar-refractivity contribution in [2.45, 2.75) is 13.3 Å². The lowest BCUT2D eigenvalue weighted by Crippen LogP contribution is -2.07. The van der Waals surface area contributed by atoms with Crippen molar-refractivity contribution in [3.63, 3.8) is 0 Å². The number of fused-ring (bicyclic) bond motifs is 1. The number of aromatic nitrogens is 5. The number of nitrogens with zero attached hydrogens (tertiary/aromatic N) is 5. The van der Waals surface area contributed by atoms with Gasteiger partial charge in [0.1, 0.15) is 11.5 Å². The molecular weight excluding hydrogens is 396 g/mol. The Balaban J connectivity index is 1.27. The van der Waals surface area contributed by atoms with Crippen molar-refractivity contribution in [3.8, 4) is 22.5 Å². The minimum absolute atomic E-state index is 0.756. The van der Waals surface area contributed by atoms with Crippen LogP contribution >= 0.6 is 0 Å². The Morgan fingerprint density at radius 2 is 1.59 bits per heavy atom. The molecule has 6 heteroatoms. The lowest BCUT2D eigenvalue weighted by Gasteiger charge is -2.10. The lowest BCUT2D eigenvalue weighted by atomic mass is 10.0. The highest BCUT2D eigenvalue weighted by Gasteiger charge is 2.07. The van der Waals surface area contributed by atoms with Crippen LogP contribution in [0.1, 0.15) is 11.3 Å². The molecule has 156 valence electrons. The molecule has 0 aliphatic rings. The zero-order chi connectivity index (χ0) is 21.8. The van der Waals surface area contributed by atoms with E-state index >= 15 is 0 Å². The predicted molar refractivity (Wildman–Crippen MR) is 127 cm³/mol. The van der Waals surface area contributed by atoms with Crippen LogP contribution in [0, 0.1) is 6.92 Å². The van der Waals surface area contributed by atoms with Crippen LogP contribution in [0.15, 0.2) is 85.7 Å². The van der Waals surface area contributed by atoms with Crippen molar-refractivity contribution in [3.05, 3.63) is 97.0 Å². The Morgan fingerprint density at radius 3 is 2.41 bits per heavy atom. The highest BCUT2D eigenvalue weighted by Crippen LogP contribution is 2.24.